The summed E-state index contributed by atoms with van der Waals surface area (Å²) in [5.41, 5.74) is 7.69. The van der Waals surface area contributed by atoms with Gasteiger partial charge in [0.25, 0.3) is 5.91 Å². The predicted molar refractivity (Wildman–Crippen MR) is 83.5 cm³/mol. The Bertz CT molecular complexity index is 666. The highest BCUT2D eigenvalue weighted by Crippen LogP contribution is 2.14. The monoisotopic (exact) mass is 298 g/mol. The van der Waals surface area contributed by atoms with E-state index in [1.54, 1.807) is 24.3 Å². The molecule has 0 aliphatic rings. The van der Waals surface area contributed by atoms with E-state index >= 15 is 0 Å². The maximum absolute atomic E-state index is 11.7. The second-order valence-corrected chi connectivity index (χ2v) is 4.95. The lowest BCUT2D eigenvalue weighted by molar-refractivity contribution is -0.117. The van der Waals surface area contributed by atoms with Crippen molar-refractivity contribution >= 4 is 11.8 Å². The number of aryl methyl sites for hydroxylation is 1. The van der Waals surface area contributed by atoms with E-state index in [1.165, 1.54) is 5.56 Å². The molecule has 0 heterocycles. The van der Waals surface area contributed by atoms with Gasteiger partial charge in [0.2, 0.25) is 5.91 Å². The molecule has 0 aliphatic carbocycles. The van der Waals surface area contributed by atoms with Crippen LogP contribution in [0.15, 0.2) is 48.5 Å². The Kier molecular flexibility index (Phi) is 5.14. The van der Waals surface area contributed by atoms with Crippen LogP contribution in [0.2, 0.25) is 0 Å². The minimum atomic E-state index is -0.577. The van der Waals surface area contributed by atoms with Crippen LogP contribution < -0.4 is 15.8 Å². The van der Waals surface area contributed by atoms with Gasteiger partial charge in [0.1, 0.15) is 12.4 Å². The molecule has 0 bridgehead atoms. The zero-order chi connectivity index (χ0) is 15.9. The van der Waals surface area contributed by atoms with Crippen molar-refractivity contribution in [3.63, 3.8) is 0 Å². The molecule has 2 aromatic carbocycles. The van der Waals surface area contributed by atoms with Gasteiger partial charge in [0.05, 0.1) is 6.54 Å². The standard InChI is InChI=1S/C17H18N2O3/c1-12-3-2-4-13(9-12)11-22-15-7-5-14(6-8-15)17(21)19-10-16(18)20/h2-9H,10-11H2,1H3,(H2,18,20)(H,19,21). The van der Waals surface area contributed by atoms with Crippen LogP contribution in [0.25, 0.3) is 0 Å². The fraction of sp³-hybridized carbons (Fsp3) is 0.176. The Morgan fingerprint density at radius 3 is 2.50 bits per heavy atom. The fourth-order valence-electron chi connectivity index (χ4n) is 1.94. The number of benzene rings is 2. The summed E-state index contributed by atoms with van der Waals surface area (Å²) in [4.78, 5) is 22.3. The average molecular weight is 298 g/mol. The molecule has 0 radical (unpaired) electrons. The van der Waals surface area contributed by atoms with Crippen molar-refractivity contribution in [2.45, 2.75) is 13.5 Å². The van der Waals surface area contributed by atoms with Crippen LogP contribution in [0, 0.1) is 6.92 Å². The van der Waals surface area contributed by atoms with Gasteiger partial charge < -0.3 is 15.8 Å². The van der Waals surface area contributed by atoms with E-state index in [-0.39, 0.29) is 12.5 Å². The molecule has 0 aliphatic heterocycles. The Morgan fingerprint density at radius 2 is 1.86 bits per heavy atom. The summed E-state index contributed by atoms with van der Waals surface area (Å²) in [5, 5.41) is 2.43. The topological polar surface area (TPSA) is 81.4 Å². The van der Waals surface area contributed by atoms with Crippen LogP contribution in [0.1, 0.15) is 21.5 Å². The molecular weight excluding hydrogens is 280 g/mol. The summed E-state index contributed by atoms with van der Waals surface area (Å²) in [5.74, 6) is -0.247. The molecule has 0 fully saturated rings. The maximum atomic E-state index is 11.7. The first kappa shape index (κ1) is 15.6. The molecule has 3 N–H and O–H groups in total. The zero-order valence-corrected chi connectivity index (χ0v) is 12.3. The summed E-state index contributed by atoms with van der Waals surface area (Å²) < 4.78 is 5.67. The van der Waals surface area contributed by atoms with Crippen molar-refractivity contribution in [2.75, 3.05) is 6.54 Å². The minimum Gasteiger partial charge on any atom is -0.489 e. The lowest BCUT2D eigenvalue weighted by Crippen LogP contribution is -2.33. The summed E-state index contributed by atoms with van der Waals surface area (Å²) in [6, 6.07) is 14.8. The van der Waals surface area contributed by atoms with Gasteiger partial charge in [0, 0.05) is 5.56 Å². The summed E-state index contributed by atoms with van der Waals surface area (Å²) in [7, 11) is 0. The van der Waals surface area contributed by atoms with E-state index in [0.717, 1.165) is 5.56 Å². The molecule has 5 heteroatoms. The second kappa shape index (κ2) is 7.26. The van der Waals surface area contributed by atoms with E-state index in [0.29, 0.717) is 17.9 Å². The molecule has 5 nitrogen and oxygen atoms in total. The summed E-state index contributed by atoms with van der Waals surface area (Å²) in [6.45, 7) is 2.32. The molecular formula is C17H18N2O3. The molecule has 114 valence electrons. The number of nitrogens with two attached hydrogens (primary N) is 1. The quantitative estimate of drug-likeness (QED) is 0.853. The summed E-state index contributed by atoms with van der Waals surface area (Å²) in [6.07, 6.45) is 0. The van der Waals surface area contributed by atoms with E-state index in [4.69, 9.17) is 10.5 Å². The third-order valence-corrected chi connectivity index (χ3v) is 3.03. The van der Waals surface area contributed by atoms with Crippen LogP contribution in [-0.2, 0) is 11.4 Å². The number of nitrogens with one attached hydrogen (secondary N) is 1. The van der Waals surface area contributed by atoms with Gasteiger partial charge in [-0.25, -0.2) is 0 Å². The molecule has 0 saturated heterocycles. The largest absolute Gasteiger partial charge is 0.489 e. The van der Waals surface area contributed by atoms with Crippen LogP contribution >= 0.6 is 0 Å². The normalized spacial score (nSPS) is 10.0. The molecule has 0 spiro atoms. The lowest BCUT2D eigenvalue weighted by atomic mass is 10.1. The second-order valence-electron chi connectivity index (χ2n) is 4.95. The van der Waals surface area contributed by atoms with Gasteiger partial charge in [-0.05, 0) is 36.8 Å². The predicted octanol–water partition coefficient (Wildman–Crippen LogP) is 1.79. The third-order valence-electron chi connectivity index (χ3n) is 3.03. The van der Waals surface area contributed by atoms with Gasteiger partial charge in [-0.15, -0.1) is 0 Å². The number of carbonyl (C=O) groups is 2. The molecule has 22 heavy (non-hydrogen) atoms. The van der Waals surface area contributed by atoms with E-state index in [1.807, 2.05) is 25.1 Å². The highest BCUT2D eigenvalue weighted by atomic mass is 16.5. The number of amides is 2. The van der Waals surface area contributed by atoms with E-state index in [9.17, 15) is 9.59 Å². The molecule has 0 unspecified atom stereocenters. The first-order chi connectivity index (χ1) is 10.5. The van der Waals surface area contributed by atoms with Crippen LogP contribution in [0.5, 0.6) is 5.75 Å². The number of rotatable bonds is 6. The van der Waals surface area contributed by atoms with Gasteiger partial charge in [0.15, 0.2) is 0 Å². The van der Waals surface area contributed by atoms with Crippen LogP contribution in [-0.4, -0.2) is 18.4 Å². The number of ether oxygens (including phenoxy) is 1. The molecule has 2 amide bonds. The summed E-state index contributed by atoms with van der Waals surface area (Å²) >= 11 is 0. The smallest absolute Gasteiger partial charge is 0.251 e. The van der Waals surface area contributed by atoms with Gasteiger partial charge in [-0.3, -0.25) is 9.59 Å². The Labute approximate surface area is 129 Å². The number of hydrogen-bond acceptors (Lipinski definition) is 3. The first-order valence-electron chi connectivity index (χ1n) is 6.89. The molecule has 0 atom stereocenters. The Hall–Kier alpha value is -2.82. The van der Waals surface area contributed by atoms with Gasteiger partial charge in [-0.2, -0.15) is 0 Å². The molecule has 2 aromatic rings. The maximum Gasteiger partial charge on any atom is 0.251 e. The van der Waals surface area contributed by atoms with Crippen molar-refractivity contribution in [2.24, 2.45) is 5.73 Å². The van der Waals surface area contributed by atoms with Gasteiger partial charge >= 0.3 is 0 Å². The molecule has 0 saturated carbocycles. The van der Waals surface area contributed by atoms with Gasteiger partial charge in [-0.1, -0.05) is 29.8 Å². The van der Waals surface area contributed by atoms with Crippen molar-refractivity contribution in [1.29, 1.82) is 0 Å². The SMILES string of the molecule is Cc1cccc(COc2ccc(C(=O)NCC(N)=O)cc2)c1. The van der Waals surface area contributed by atoms with Crippen molar-refractivity contribution < 1.29 is 14.3 Å². The van der Waals surface area contributed by atoms with Crippen molar-refractivity contribution in [3.8, 4) is 5.75 Å². The lowest BCUT2D eigenvalue weighted by Gasteiger charge is -2.08. The van der Waals surface area contributed by atoms with Crippen molar-refractivity contribution in [1.82, 2.24) is 5.32 Å². The minimum absolute atomic E-state index is 0.176. The van der Waals surface area contributed by atoms with E-state index in [2.05, 4.69) is 11.4 Å². The fourth-order valence-corrected chi connectivity index (χ4v) is 1.94. The Morgan fingerprint density at radius 1 is 1.14 bits per heavy atom. The van der Waals surface area contributed by atoms with E-state index < -0.39 is 5.91 Å². The number of hydrogen-bond donors (Lipinski definition) is 2. The Balaban J connectivity index is 1.91. The average Bonchev–Trinajstić information content (AvgIpc) is 2.51. The third kappa shape index (κ3) is 4.63. The number of primary amides is 1. The molecule has 2 rings (SSSR count). The highest BCUT2D eigenvalue weighted by molar-refractivity contribution is 5.96. The van der Waals surface area contributed by atoms with Crippen molar-refractivity contribution in [3.05, 3.63) is 65.2 Å². The molecule has 0 aromatic heterocycles. The van der Waals surface area contributed by atoms with Crippen LogP contribution in [0.4, 0.5) is 0 Å². The first-order valence-corrected chi connectivity index (χ1v) is 6.89. The number of carbonyl (C=O) groups excluding carboxylic acids is 2. The zero-order valence-electron chi connectivity index (χ0n) is 12.3. The van der Waals surface area contributed by atoms with Crippen LogP contribution in [0.3, 0.4) is 0 Å². The highest BCUT2D eigenvalue weighted by Gasteiger charge is 2.06.